The lowest BCUT2D eigenvalue weighted by Gasteiger charge is -2.33. The van der Waals surface area contributed by atoms with E-state index in [1.807, 2.05) is 60.7 Å². The molecular formula is C20H22ClNO2. The van der Waals surface area contributed by atoms with Gasteiger partial charge >= 0.3 is 0 Å². The van der Waals surface area contributed by atoms with Gasteiger partial charge in [-0.1, -0.05) is 74.5 Å². The van der Waals surface area contributed by atoms with E-state index in [4.69, 9.17) is 16.3 Å². The molecule has 3 rings (SSSR count). The summed E-state index contributed by atoms with van der Waals surface area (Å²) < 4.78 is 5.74. The van der Waals surface area contributed by atoms with Gasteiger partial charge in [0.25, 0.3) is 0 Å². The van der Waals surface area contributed by atoms with Crippen LogP contribution in [0.15, 0.2) is 65.7 Å². The highest BCUT2D eigenvalue weighted by molar-refractivity contribution is 6.32. The number of halogens is 1. The van der Waals surface area contributed by atoms with E-state index in [9.17, 15) is 5.11 Å². The first-order valence-corrected chi connectivity index (χ1v) is 8.65. The molecular weight excluding hydrogens is 322 g/mol. The number of hydrogen-bond donors (Lipinski definition) is 1. The summed E-state index contributed by atoms with van der Waals surface area (Å²) in [6.45, 7) is 4.71. The highest BCUT2D eigenvalue weighted by Gasteiger charge is 2.44. The van der Waals surface area contributed by atoms with Crippen LogP contribution >= 0.6 is 11.6 Å². The summed E-state index contributed by atoms with van der Waals surface area (Å²) in [5.74, 6) is 0.776. The number of aliphatic hydroxyl groups is 1. The van der Waals surface area contributed by atoms with Gasteiger partial charge in [0.1, 0.15) is 17.6 Å². The first-order valence-electron chi connectivity index (χ1n) is 8.21. The molecule has 2 aromatic rings. The molecule has 1 aliphatic heterocycles. The highest BCUT2D eigenvalue weighted by atomic mass is 35.5. The fourth-order valence-corrected chi connectivity index (χ4v) is 3.28. The van der Waals surface area contributed by atoms with Gasteiger partial charge in [-0.2, -0.15) is 0 Å². The van der Waals surface area contributed by atoms with Gasteiger partial charge in [0, 0.05) is 0 Å². The van der Waals surface area contributed by atoms with Crippen molar-refractivity contribution in [3.05, 3.63) is 71.8 Å². The van der Waals surface area contributed by atoms with Crippen molar-refractivity contribution in [3.63, 3.8) is 0 Å². The third kappa shape index (κ3) is 3.06. The van der Waals surface area contributed by atoms with Gasteiger partial charge in [0.05, 0.1) is 6.04 Å². The van der Waals surface area contributed by atoms with E-state index in [-0.39, 0.29) is 6.04 Å². The molecule has 126 valence electrons. The Labute approximate surface area is 148 Å². The summed E-state index contributed by atoms with van der Waals surface area (Å²) in [6.07, 6.45) is 0. The fraction of sp³-hybridized carbons (Fsp3) is 0.350. The van der Waals surface area contributed by atoms with Gasteiger partial charge in [0.15, 0.2) is 0 Å². The maximum Gasteiger partial charge on any atom is 0.206 e. The van der Waals surface area contributed by atoms with Crippen molar-refractivity contribution >= 4 is 17.5 Å². The summed E-state index contributed by atoms with van der Waals surface area (Å²) in [6, 6.07) is 19.0. The molecule has 0 bridgehead atoms. The molecule has 4 heteroatoms. The number of hydrogen-bond acceptors (Lipinski definition) is 3. The molecule has 0 saturated carbocycles. The summed E-state index contributed by atoms with van der Waals surface area (Å²) >= 11 is 6.73. The Morgan fingerprint density at radius 1 is 1.04 bits per heavy atom. The predicted molar refractivity (Wildman–Crippen MR) is 97.5 cm³/mol. The van der Waals surface area contributed by atoms with Crippen LogP contribution in [0.2, 0.25) is 0 Å². The summed E-state index contributed by atoms with van der Waals surface area (Å²) in [5.41, 5.74) is 0.0281. The summed E-state index contributed by atoms with van der Waals surface area (Å²) in [4.78, 5) is 4.61. The third-order valence-electron chi connectivity index (χ3n) is 4.48. The van der Waals surface area contributed by atoms with Crippen molar-refractivity contribution in [2.24, 2.45) is 10.9 Å². The predicted octanol–water partition coefficient (Wildman–Crippen LogP) is 3.98. The van der Waals surface area contributed by atoms with Crippen LogP contribution in [0.3, 0.4) is 0 Å². The average Bonchev–Trinajstić information content (AvgIpc) is 3.12. The molecule has 0 aromatic heterocycles. The van der Waals surface area contributed by atoms with Crippen molar-refractivity contribution in [2.75, 3.05) is 6.61 Å². The Morgan fingerprint density at radius 3 is 1.96 bits per heavy atom. The lowest BCUT2D eigenvalue weighted by Crippen LogP contribution is -2.42. The van der Waals surface area contributed by atoms with Crippen LogP contribution in [0.5, 0.6) is 0 Å². The summed E-state index contributed by atoms with van der Waals surface area (Å²) in [7, 11) is 0. The fourth-order valence-electron chi connectivity index (χ4n) is 2.91. The lowest BCUT2D eigenvalue weighted by atomic mass is 9.83. The topological polar surface area (TPSA) is 41.8 Å². The minimum absolute atomic E-state index is 0.0806. The summed E-state index contributed by atoms with van der Waals surface area (Å²) in [5, 5.41) is 10.8. The van der Waals surface area contributed by atoms with Gasteiger partial charge in [0.2, 0.25) is 5.90 Å². The van der Waals surface area contributed by atoms with Crippen molar-refractivity contribution in [3.8, 4) is 0 Å². The number of aliphatic imine (C=N–C) groups is 1. The van der Waals surface area contributed by atoms with Crippen LogP contribution in [-0.4, -0.2) is 29.0 Å². The number of alkyl halides is 1. The minimum Gasteiger partial charge on any atom is -0.478 e. The van der Waals surface area contributed by atoms with E-state index in [0.717, 1.165) is 11.1 Å². The first-order chi connectivity index (χ1) is 11.5. The Morgan fingerprint density at radius 2 is 1.54 bits per heavy atom. The normalized spacial score (nSPS) is 19.0. The molecule has 0 amide bonds. The monoisotopic (exact) mass is 343 g/mol. The second kappa shape index (κ2) is 6.96. The molecule has 0 radical (unpaired) electrons. The molecule has 1 aliphatic rings. The van der Waals surface area contributed by atoms with Crippen molar-refractivity contribution in [1.82, 2.24) is 0 Å². The first kappa shape index (κ1) is 17.0. The number of nitrogens with zero attached hydrogens (tertiary/aromatic N) is 1. The van der Waals surface area contributed by atoms with Crippen molar-refractivity contribution < 1.29 is 9.84 Å². The number of rotatable bonds is 5. The highest BCUT2D eigenvalue weighted by Crippen LogP contribution is 2.38. The minimum atomic E-state index is -1.41. The molecule has 0 saturated heterocycles. The Kier molecular flexibility index (Phi) is 4.93. The SMILES string of the molecule is CC(C)C1COC([C@H](Cl)C(O)(c2ccccc2)c2ccccc2)=N1. The molecule has 2 atom stereocenters. The van der Waals surface area contributed by atoms with E-state index >= 15 is 0 Å². The van der Waals surface area contributed by atoms with Gasteiger partial charge in [-0.25, -0.2) is 4.99 Å². The average molecular weight is 344 g/mol. The quantitative estimate of drug-likeness (QED) is 0.834. The lowest BCUT2D eigenvalue weighted by molar-refractivity contribution is 0.0861. The molecule has 1 heterocycles. The van der Waals surface area contributed by atoms with Crippen molar-refractivity contribution in [1.29, 1.82) is 0 Å². The number of ether oxygens (including phenoxy) is 1. The Bertz CT molecular complexity index is 661. The van der Waals surface area contributed by atoms with Gasteiger partial charge in [-0.3, -0.25) is 0 Å². The van der Waals surface area contributed by atoms with Gasteiger partial charge in [-0.05, 0) is 17.0 Å². The maximum atomic E-state index is 11.6. The zero-order chi connectivity index (χ0) is 17.2. The van der Waals surface area contributed by atoms with Crippen LogP contribution in [-0.2, 0) is 10.3 Å². The zero-order valence-corrected chi connectivity index (χ0v) is 14.6. The van der Waals surface area contributed by atoms with Crippen LogP contribution in [0.1, 0.15) is 25.0 Å². The largest absolute Gasteiger partial charge is 0.478 e. The second-order valence-electron chi connectivity index (χ2n) is 6.45. The van der Waals surface area contributed by atoms with Gasteiger partial charge in [-0.15, -0.1) is 11.6 Å². The van der Waals surface area contributed by atoms with Gasteiger partial charge < -0.3 is 9.84 Å². The van der Waals surface area contributed by atoms with E-state index in [1.165, 1.54) is 0 Å². The molecule has 3 nitrogen and oxygen atoms in total. The van der Waals surface area contributed by atoms with E-state index in [2.05, 4.69) is 18.8 Å². The van der Waals surface area contributed by atoms with Crippen molar-refractivity contribution in [2.45, 2.75) is 30.9 Å². The van der Waals surface area contributed by atoms with Crippen LogP contribution in [0, 0.1) is 5.92 Å². The molecule has 0 aliphatic carbocycles. The van der Waals surface area contributed by atoms with Crippen LogP contribution in [0.4, 0.5) is 0 Å². The maximum absolute atomic E-state index is 11.6. The standard InChI is InChI=1S/C20H22ClNO2/c1-14(2)17-13-24-19(22-17)18(21)20(23,15-9-5-3-6-10-15)16-11-7-4-8-12-16/h3-12,14,17-18,23H,13H2,1-2H3/t17?,18-/m0/s1. The molecule has 24 heavy (non-hydrogen) atoms. The van der Waals surface area contributed by atoms with E-state index < -0.39 is 11.0 Å². The van der Waals surface area contributed by atoms with Crippen LogP contribution < -0.4 is 0 Å². The van der Waals surface area contributed by atoms with Crippen LogP contribution in [0.25, 0.3) is 0 Å². The van der Waals surface area contributed by atoms with E-state index in [0.29, 0.717) is 18.4 Å². The molecule has 1 unspecified atom stereocenters. The molecule has 0 spiro atoms. The molecule has 1 N–H and O–H groups in total. The smallest absolute Gasteiger partial charge is 0.206 e. The second-order valence-corrected chi connectivity index (χ2v) is 6.89. The Balaban J connectivity index is 2.05. The Hall–Kier alpha value is -1.84. The molecule has 0 fully saturated rings. The zero-order valence-electron chi connectivity index (χ0n) is 13.9. The number of benzene rings is 2. The molecule has 2 aromatic carbocycles. The van der Waals surface area contributed by atoms with E-state index in [1.54, 1.807) is 0 Å². The third-order valence-corrected chi connectivity index (χ3v) is 4.98.